The van der Waals surface area contributed by atoms with Gasteiger partial charge in [0.15, 0.2) is 0 Å². The zero-order valence-corrected chi connectivity index (χ0v) is 11.8. The Bertz CT molecular complexity index is 858. The smallest absolute Gasteiger partial charge is 0.141 e. The summed E-state index contributed by atoms with van der Waals surface area (Å²) < 4.78 is 1.84. The lowest BCUT2D eigenvalue weighted by Crippen LogP contribution is -1.97. The van der Waals surface area contributed by atoms with Crippen LogP contribution in [0.15, 0.2) is 30.6 Å². The van der Waals surface area contributed by atoms with Crippen molar-refractivity contribution in [3.05, 3.63) is 52.4 Å². The van der Waals surface area contributed by atoms with E-state index in [1.54, 1.807) is 18.5 Å². The maximum absolute atomic E-state index is 9.02. The van der Waals surface area contributed by atoms with Gasteiger partial charge in [0.05, 0.1) is 22.7 Å². The molecular formula is C15H11ClN4. The van der Waals surface area contributed by atoms with Crippen LogP contribution in [0.1, 0.15) is 16.7 Å². The quantitative estimate of drug-likeness (QED) is 0.641. The Kier molecular flexibility index (Phi) is 2.92. The van der Waals surface area contributed by atoms with E-state index in [1.165, 1.54) is 11.1 Å². The number of benzene rings is 1. The van der Waals surface area contributed by atoms with Crippen molar-refractivity contribution < 1.29 is 0 Å². The molecule has 0 saturated carbocycles. The Morgan fingerprint density at radius 1 is 1.15 bits per heavy atom. The van der Waals surface area contributed by atoms with Crippen LogP contribution in [-0.4, -0.2) is 14.5 Å². The molecule has 20 heavy (non-hydrogen) atoms. The highest BCUT2D eigenvalue weighted by Crippen LogP contribution is 2.22. The van der Waals surface area contributed by atoms with Gasteiger partial charge in [-0.3, -0.25) is 4.57 Å². The van der Waals surface area contributed by atoms with Crippen LogP contribution < -0.4 is 0 Å². The van der Waals surface area contributed by atoms with Gasteiger partial charge in [0, 0.05) is 0 Å². The van der Waals surface area contributed by atoms with Crippen molar-refractivity contribution in [3.63, 3.8) is 0 Å². The zero-order valence-electron chi connectivity index (χ0n) is 11.1. The number of hydrogen-bond donors (Lipinski definition) is 0. The third kappa shape index (κ3) is 2.02. The maximum atomic E-state index is 9.02. The first-order chi connectivity index (χ1) is 9.58. The fourth-order valence-electron chi connectivity index (χ4n) is 2.12. The monoisotopic (exact) mass is 282 g/mol. The SMILES string of the molecule is Cc1cc2ncn(-c3cc(C#N)cc(Cl)n3)c2cc1C. The van der Waals surface area contributed by atoms with Crippen LogP contribution in [0.5, 0.6) is 0 Å². The van der Waals surface area contributed by atoms with E-state index in [2.05, 4.69) is 36.0 Å². The van der Waals surface area contributed by atoms with Crippen LogP contribution in [-0.2, 0) is 0 Å². The van der Waals surface area contributed by atoms with Gasteiger partial charge in [0.25, 0.3) is 0 Å². The summed E-state index contributed by atoms with van der Waals surface area (Å²) in [6.07, 6.45) is 1.70. The Morgan fingerprint density at radius 3 is 2.65 bits per heavy atom. The van der Waals surface area contributed by atoms with Gasteiger partial charge in [-0.05, 0) is 49.2 Å². The molecule has 0 spiro atoms. The average Bonchev–Trinajstić information content (AvgIpc) is 2.81. The molecule has 3 rings (SSSR count). The van der Waals surface area contributed by atoms with E-state index < -0.39 is 0 Å². The Balaban J connectivity index is 2.28. The fourth-order valence-corrected chi connectivity index (χ4v) is 2.32. The van der Waals surface area contributed by atoms with E-state index in [0.29, 0.717) is 16.5 Å². The predicted molar refractivity (Wildman–Crippen MR) is 78.1 cm³/mol. The number of hydrogen-bond acceptors (Lipinski definition) is 3. The molecule has 0 aliphatic heterocycles. The molecule has 0 N–H and O–H groups in total. The molecule has 0 bridgehead atoms. The van der Waals surface area contributed by atoms with Crippen LogP contribution in [0, 0.1) is 25.2 Å². The third-order valence-corrected chi connectivity index (χ3v) is 3.51. The summed E-state index contributed by atoms with van der Waals surface area (Å²) in [5.41, 5.74) is 4.70. The molecule has 0 radical (unpaired) electrons. The summed E-state index contributed by atoms with van der Waals surface area (Å²) in [5, 5.41) is 9.31. The molecule has 0 saturated heterocycles. The highest BCUT2D eigenvalue weighted by atomic mass is 35.5. The number of aryl methyl sites for hydroxylation is 2. The summed E-state index contributed by atoms with van der Waals surface area (Å²) in [4.78, 5) is 8.64. The fraction of sp³-hybridized carbons (Fsp3) is 0.133. The minimum Gasteiger partial charge on any atom is -0.283 e. The molecule has 0 atom stereocenters. The number of pyridine rings is 1. The second-order valence-corrected chi connectivity index (χ2v) is 5.08. The Labute approximate surface area is 121 Å². The van der Waals surface area contributed by atoms with Crippen LogP contribution in [0.3, 0.4) is 0 Å². The highest BCUT2D eigenvalue weighted by Gasteiger charge is 2.09. The van der Waals surface area contributed by atoms with Gasteiger partial charge in [0.1, 0.15) is 17.3 Å². The first-order valence-electron chi connectivity index (χ1n) is 6.11. The molecule has 0 amide bonds. The van der Waals surface area contributed by atoms with Gasteiger partial charge in [-0.25, -0.2) is 9.97 Å². The second-order valence-electron chi connectivity index (χ2n) is 4.69. The molecule has 0 fully saturated rings. The lowest BCUT2D eigenvalue weighted by atomic mass is 10.1. The minimum absolute atomic E-state index is 0.296. The summed E-state index contributed by atoms with van der Waals surface area (Å²) in [7, 11) is 0. The summed E-state index contributed by atoms with van der Waals surface area (Å²) in [6.45, 7) is 4.11. The molecule has 0 aliphatic carbocycles. The van der Waals surface area contributed by atoms with Crippen LogP contribution in [0.25, 0.3) is 16.9 Å². The molecule has 2 heterocycles. The highest BCUT2D eigenvalue weighted by molar-refractivity contribution is 6.29. The van der Waals surface area contributed by atoms with Gasteiger partial charge in [-0.15, -0.1) is 0 Å². The summed E-state index contributed by atoms with van der Waals surface area (Å²) in [5.74, 6) is 0.597. The Morgan fingerprint density at radius 2 is 1.90 bits per heavy atom. The number of halogens is 1. The molecule has 98 valence electrons. The summed E-state index contributed by atoms with van der Waals surface area (Å²) in [6, 6.07) is 9.42. The topological polar surface area (TPSA) is 54.5 Å². The largest absolute Gasteiger partial charge is 0.283 e. The van der Waals surface area contributed by atoms with Gasteiger partial charge < -0.3 is 0 Å². The lowest BCUT2D eigenvalue weighted by Gasteiger charge is -2.06. The number of aromatic nitrogens is 3. The first kappa shape index (κ1) is 12.6. The number of rotatable bonds is 1. The molecule has 5 heteroatoms. The van der Waals surface area contributed by atoms with Crippen molar-refractivity contribution in [1.29, 1.82) is 5.26 Å². The number of imidazole rings is 1. The molecular weight excluding hydrogens is 272 g/mol. The van der Waals surface area contributed by atoms with Crippen molar-refractivity contribution in [2.75, 3.05) is 0 Å². The average molecular weight is 283 g/mol. The van der Waals surface area contributed by atoms with Gasteiger partial charge in [0.2, 0.25) is 0 Å². The number of fused-ring (bicyclic) bond motifs is 1. The lowest BCUT2D eigenvalue weighted by molar-refractivity contribution is 1.02. The number of nitriles is 1. The van der Waals surface area contributed by atoms with Crippen LogP contribution in [0.2, 0.25) is 5.15 Å². The van der Waals surface area contributed by atoms with E-state index in [4.69, 9.17) is 16.9 Å². The molecule has 2 aromatic heterocycles. The van der Waals surface area contributed by atoms with Crippen LogP contribution >= 0.6 is 11.6 Å². The first-order valence-corrected chi connectivity index (χ1v) is 6.48. The van der Waals surface area contributed by atoms with Crippen molar-refractivity contribution >= 4 is 22.6 Å². The van der Waals surface area contributed by atoms with E-state index >= 15 is 0 Å². The molecule has 3 aromatic rings. The van der Waals surface area contributed by atoms with Crippen molar-refractivity contribution in [2.24, 2.45) is 0 Å². The molecule has 4 nitrogen and oxygen atoms in total. The van der Waals surface area contributed by atoms with Crippen molar-refractivity contribution in [3.8, 4) is 11.9 Å². The van der Waals surface area contributed by atoms with Crippen molar-refractivity contribution in [1.82, 2.24) is 14.5 Å². The van der Waals surface area contributed by atoms with Gasteiger partial charge >= 0.3 is 0 Å². The Hall–Kier alpha value is -2.38. The summed E-state index contributed by atoms with van der Waals surface area (Å²) >= 11 is 5.96. The normalized spacial score (nSPS) is 10.7. The number of nitrogens with zero attached hydrogens (tertiary/aromatic N) is 4. The van der Waals surface area contributed by atoms with Crippen LogP contribution in [0.4, 0.5) is 0 Å². The van der Waals surface area contributed by atoms with Gasteiger partial charge in [-0.1, -0.05) is 11.6 Å². The van der Waals surface area contributed by atoms with E-state index in [0.717, 1.165) is 11.0 Å². The molecule has 0 aliphatic rings. The minimum atomic E-state index is 0.296. The maximum Gasteiger partial charge on any atom is 0.141 e. The zero-order chi connectivity index (χ0) is 14.3. The van der Waals surface area contributed by atoms with E-state index in [9.17, 15) is 0 Å². The van der Waals surface area contributed by atoms with E-state index in [1.807, 2.05) is 10.6 Å². The van der Waals surface area contributed by atoms with E-state index in [-0.39, 0.29) is 0 Å². The van der Waals surface area contributed by atoms with Gasteiger partial charge in [-0.2, -0.15) is 5.26 Å². The third-order valence-electron chi connectivity index (χ3n) is 3.32. The second kappa shape index (κ2) is 4.62. The predicted octanol–water partition coefficient (Wildman–Crippen LogP) is 3.56. The molecule has 0 unspecified atom stereocenters. The van der Waals surface area contributed by atoms with Crippen molar-refractivity contribution in [2.45, 2.75) is 13.8 Å². The molecule has 1 aromatic carbocycles. The standard InChI is InChI=1S/C15H11ClN4/c1-9-3-12-13(4-10(9)2)20(8-18-12)15-6-11(7-17)5-14(16)19-15/h3-6,8H,1-2H3.